The molecule has 0 atom stereocenters. The van der Waals surface area contributed by atoms with Crippen molar-refractivity contribution in [2.75, 3.05) is 39.3 Å². The maximum Gasteiger partial charge on any atom is 0.0410 e. The van der Waals surface area contributed by atoms with Crippen LogP contribution in [0.25, 0.3) is 0 Å². The molecule has 0 spiro atoms. The molecule has 1 aromatic rings. The second kappa shape index (κ2) is 6.10. The van der Waals surface area contributed by atoms with Crippen LogP contribution in [0.15, 0.2) is 22.7 Å². The first kappa shape index (κ1) is 13.8. The summed E-state index contributed by atoms with van der Waals surface area (Å²) in [6.45, 7) is 7.98. The zero-order valence-corrected chi connectivity index (χ0v) is 13.3. The molecule has 2 saturated heterocycles. The van der Waals surface area contributed by atoms with E-state index in [4.69, 9.17) is 11.6 Å². The Balaban J connectivity index is 1.55. The van der Waals surface area contributed by atoms with Crippen LogP contribution in [0.1, 0.15) is 5.56 Å². The summed E-state index contributed by atoms with van der Waals surface area (Å²) in [6.07, 6.45) is 0. The molecule has 1 N–H and O–H groups in total. The fourth-order valence-corrected chi connectivity index (χ4v) is 3.29. The van der Waals surface area contributed by atoms with Gasteiger partial charge in [-0.1, -0.05) is 27.5 Å². The molecule has 0 amide bonds. The summed E-state index contributed by atoms with van der Waals surface area (Å²) >= 11 is 9.68. The highest BCUT2D eigenvalue weighted by Gasteiger charge is 2.27. The summed E-state index contributed by atoms with van der Waals surface area (Å²) in [6, 6.07) is 6.80. The topological polar surface area (TPSA) is 18.5 Å². The minimum Gasteiger partial charge on any atom is -0.314 e. The molecule has 19 heavy (non-hydrogen) atoms. The average molecular weight is 345 g/mol. The third-order valence-corrected chi connectivity index (χ3v) is 5.09. The van der Waals surface area contributed by atoms with E-state index in [1.807, 2.05) is 12.1 Å². The zero-order valence-electron chi connectivity index (χ0n) is 10.9. The lowest BCUT2D eigenvalue weighted by Crippen LogP contribution is -2.61. The molecule has 0 unspecified atom stereocenters. The van der Waals surface area contributed by atoms with Crippen LogP contribution in [0.2, 0.25) is 5.02 Å². The van der Waals surface area contributed by atoms with E-state index < -0.39 is 0 Å². The maximum atomic E-state index is 6.07. The molecule has 0 radical (unpaired) electrons. The Morgan fingerprint density at radius 2 is 1.95 bits per heavy atom. The standard InChI is InChI=1S/C14H19BrClN3/c15-14-2-1-12(16)7-11(14)10-18-3-5-19(6-4-18)13-8-17-9-13/h1-2,7,13,17H,3-6,8-10H2. The molecule has 0 aliphatic carbocycles. The molecular weight excluding hydrogens is 326 g/mol. The van der Waals surface area contributed by atoms with Gasteiger partial charge in [0.25, 0.3) is 0 Å². The number of hydrogen-bond acceptors (Lipinski definition) is 3. The van der Waals surface area contributed by atoms with Gasteiger partial charge in [-0.25, -0.2) is 0 Å². The highest BCUT2D eigenvalue weighted by atomic mass is 79.9. The van der Waals surface area contributed by atoms with Crippen LogP contribution in [0.5, 0.6) is 0 Å². The number of nitrogens with one attached hydrogen (secondary N) is 1. The molecular formula is C14H19BrClN3. The molecule has 2 aliphatic rings. The minimum atomic E-state index is 0.778. The highest BCUT2D eigenvalue weighted by molar-refractivity contribution is 9.10. The third-order valence-electron chi connectivity index (χ3n) is 4.08. The van der Waals surface area contributed by atoms with E-state index in [1.165, 1.54) is 31.7 Å². The molecule has 0 aromatic heterocycles. The maximum absolute atomic E-state index is 6.07. The Kier molecular flexibility index (Phi) is 4.44. The molecule has 3 nitrogen and oxygen atoms in total. The summed E-state index contributed by atoms with van der Waals surface area (Å²) < 4.78 is 1.16. The molecule has 0 bridgehead atoms. The van der Waals surface area contributed by atoms with Crippen LogP contribution < -0.4 is 5.32 Å². The van der Waals surface area contributed by atoms with E-state index in [-0.39, 0.29) is 0 Å². The monoisotopic (exact) mass is 343 g/mol. The number of nitrogens with zero attached hydrogens (tertiary/aromatic N) is 2. The van der Waals surface area contributed by atoms with Gasteiger partial charge in [0.2, 0.25) is 0 Å². The van der Waals surface area contributed by atoms with Crippen molar-refractivity contribution in [3.05, 3.63) is 33.3 Å². The van der Waals surface area contributed by atoms with Crippen molar-refractivity contribution in [2.24, 2.45) is 0 Å². The van der Waals surface area contributed by atoms with Crippen molar-refractivity contribution >= 4 is 27.5 Å². The Hall–Kier alpha value is -0.130. The van der Waals surface area contributed by atoms with E-state index in [9.17, 15) is 0 Å². The van der Waals surface area contributed by atoms with Crippen LogP contribution >= 0.6 is 27.5 Å². The number of rotatable bonds is 3. The van der Waals surface area contributed by atoms with Crippen molar-refractivity contribution < 1.29 is 0 Å². The normalized spacial score (nSPS) is 22.4. The van der Waals surface area contributed by atoms with Gasteiger partial charge in [-0.2, -0.15) is 0 Å². The quantitative estimate of drug-likeness (QED) is 0.907. The molecule has 2 aliphatic heterocycles. The molecule has 2 heterocycles. The Morgan fingerprint density at radius 1 is 1.21 bits per heavy atom. The van der Waals surface area contributed by atoms with Crippen LogP contribution in [0.3, 0.4) is 0 Å². The fourth-order valence-electron chi connectivity index (χ4n) is 2.72. The second-order valence-electron chi connectivity index (χ2n) is 5.36. The lowest BCUT2D eigenvalue weighted by atomic mass is 10.1. The lowest BCUT2D eigenvalue weighted by Gasteiger charge is -2.43. The van der Waals surface area contributed by atoms with E-state index in [0.717, 1.165) is 35.2 Å². The summed E-state index contributed by atoms with van der Waals surface area (Å²) in [5.41, 5.74) is 1.28. The number of benzene rings is 1. The molecule has 5 heteroatoms. The van der Waals surface area contributed by atoms with Gasteiger partial charge >= 0.3 is 0 Å². The van der Waals surface area contributed by atoms with E-state index in [1.54, 1.807) is 0 Å². The minimum absolute atomic E-state index is 0.778. The summed E-state index contributed by atoms with van der Waals surface area (Å²) in [7, 11) is 0. The van der Waals surface area contributed by atoms with Crippen molar-refractivity contribution in [3.63, 3.8) is 0 Å². The molecule has 104 valence electrons. The van der Waals surface area contributed by atoms with Gasteiger partial charge in [-0.05, 0) is 23.8 Å². The molecule has 0 saturated carbocycles. The fraction of sp³-hybridized carbons (Fsp3) is 0.571. The van der Waals surface area contributed by atoms with Crippen molar-refractivity contribution in [3.8, 4) is 0 Å². The van der Waals surface area contributed by atoms with Gasteiger partial charge in [-0.15, -0.1) is 0 Å². The van der Waals surface area contributed by atoms with Crippen molar-refractivity contribution in [2.45, 2.75) is 12.6 Å². The smallest absolute Gasteiger partial charge is 0.0410 e. The van der Waals surface area contributed by atoms with Crippen molar-refractivity contribution in [1.82, 2.24) is 15.1 Å². The Labute approximate surface area is 128 Å². The van der Waals surface area contributed by atoms with Crippen LogP contribution in [0, 0.1) is 0 Å². The second-order valence-corrected chi connectivity index (χ2v) is 6.65. The first-order chi connectivity index (χ1) is 9.22. The Morgan fingerprint density at radius 3 is 2.58 bits per heavy atom. The summed E-state index contributed by atoms with van der Waals surface area (Å²) in [5.74, 6) is 0. The number of piperazine rings is 1. The lowest BCUT2D eigenvalue weighted by molar-refractivity contribution is 0.0695. The van der Waals surface area contributed by atoms with Gasteiger partial charge < -0.3 is 5.32 Å². The molecule has 3 rings (SSSR count). The van der Waals surface area contributed by atoms with Gasteiger partial charge in [0.1, 0.15) is 0 Å². The summed E-state index contributed by atoms with van der Waals surface area (Å²) in [4.78, 5) is 5.12. The van der Waals surface area contributed by atoms with Crippen LogP contribution in [-0.4, -0.2) is 55.1 Å². The predicted molar refractivity (Wildman–Crippen MR) is 82.7 cm³/mol. The third kappa shape index (κ3) is 3.31. The van der Waals surface area contributed by atoms with Crippen LogP contribution in [-0.2, 0) is 6.54 Å². The molecule has 2 fully saturated rings. The van der Waals surface area contributed by atoms with E-state index in [0.29, 0.717) is 0 Å². The zero-order chi connectivity index (χ0) is 13.2. The number of hydrogen-bond donors (Lipinski definition) is 1. The first-order valence-electron chi connectivity index (χ1n) is 6.83. The van der Waals surface area contributed by atoms with Gasteiger partial charge in [0.05, 0.1) is 0 Å². The van der Waals surface area contributed by atoms with E-state index in [2.05, 4.69) is 37.1 Å². The van der Waals surface area contributed by atoms with Crippen LogP contribution in [0.4, 0.5) is 0 Å². The highest BCUT2D eigenvalue weighted by Crippen LogP contribution is 2.23. The largest absolute Gasteiger partial charge is 0.314 e. The SMILES string of the molecule is Clc1ccc(Br)c(CN2CCN(C3CNC3)CC2)c1. The van der Waals surface area contributed by atoms with Gasteiger partial charge in [-0.3, -0.25) is 9.80 Å². The number of halogens is 2. The average Bonchev–Trinajstić information content (AvgIpc) is 2.34. The molecule has 1 aromatic carbocycles. The van der Waals surface area contributed by atoms with Gasteiger partial charge in [0.15, 0.2) is 0 Å². The van der Waals surface area contributed by atoms with Gasteiger partial charge in [0, 0.05) is 61.4 Å². The predicted octanol–water partition coefficient (Wildman–Crippen LogP) is 2.19. The van der Waals surface area contributed by atoms with E-state index >= 15 is 0 Å². The Bertz CT molecular complexity index is 442. The first-order valence-corrected chi connectivity index (χ1v) is 8.00. The summed E-state index contributed by atoms with van der Waals surface area (Å²) in [5, 5.41) is 4.16. The van der Waals surface area contributed by atoms with Crippen molar-refractivity contribution in [1.29, 1.82) is 0 Å².